The van der Waals surface area contributed by atoms with Crippen LogP contribution < -0.4 is 5.32 Å². The molecule has 2 N–H and O–H groups in total. The van der Waals surface area contributed by atoms with Crippen LogP contribution in [-0.2, 0) is 4.79 Å². The molecule has 26 heavy (non-hydrogen) atoms. The summed E-state index contributed by atoms with van der Waals surface area (Å²) in [6.45, 7) is 0. The van der Waals surface area contributed by atoms with Gasteiger partial charge < -0.3 is 10.2 Å². The van der Waals surface area contributed by atoms with E-state index in [1.54, 1.807) is 29.2 Å². The molecular formula is C19H21FN4O2. The first-order valence-electron chi connectivity index (χ1n) is 9.01. The zero-order valence-electron chi connectivity index (χ0n) is 14.3. The first-order valence-corrected chi connectivity index (χ1v) is 9.01. The summed E-state index contributed by atoms with van der Waals surface area (Å²) in [6, 6.07) is 7.42. The Morgan fingerprint density at radius 2 is 2.08 bits per heavy atom. The van der Waals surface area contributed by atoms with Crippen LogP contribution in [0.25, 0.3) is 0 Å². The molecule has 0 saturated carbocycles. The molecule has 1 aromatic heterocycles. The van der Waals surface area contributed by atoms with Gasteiger partial charge in [-0.25, -0.2) is 4.39 Å². The van der Waals surface area contributed by atoms with Crippen LogP contribution in [0, 0.1) is 5.82 Å². The number of nitrogens with zero attached hydrogens (tertiary/aromatic N) is 2. The smallest absolute Gasteiger partial charge is 0.272 e. The average molecular weight is 356 g/mol. The summed E-state index contributed by atoms with van der Waals surface area (Å²) < 4.78 is 14.5. The number of carbonyl (C=O) groups is 2. The number of fused-ring (bicyclic) bond motifs is 1. The number of carbonyl (C=O) groups excluding carboxylic acids is 2. The highest BCUT2D eigenvalue weighted by atomic mass is 19.1. The monoisotopic (exact) mass is 356 g/mol. The highest BCUT2D eigenvalue weighted by Gasteiger charge is 2.46. The summed E-state index contributed by atoms with van der Waals surface area (Å²) in [6.07, 6.45) is 4.99. The van der Waals surface area contributed by atoms with Crippen molar-refractivity contribution in [1.29, 1.82) is 0 Å². The molecule has 1 aromatic carbocycles. The molecule has 3 heterocycles. The molecule has 2 aliphatic rings. The van der Waals surface area contributed by atoms with E-state index in [0.29, 0.717) is 24.1 Å². The SMILES string of the molecule is O=C1CCCC[C@H]2[C@@H](C[C@@H](c3ccccc3F)N2C(=O)c2ccn[nH]2)N1. The summed E-state index contributed by atoms with van der Waals surface area (Å²) in [5.41, 5.74) is 0.863. The Labute approximate surface area is 150 Å². The summed E-state index contributed by atoms with van der Waals surface area (Å²) in [4.78, 5) is 27.0. The second kappa shape index (κ2) is 6.90. The zero-order chi connectivity index (χ0) is 18.1. The molecule has 7 heteroatoms. The number of H-pyrrole nitrogens is 1. The molecule has 3 atom stereocenters. The number of nitrogens with one attached hydrogen (secondary N) is 2. The summed E-state index contributed by atoms with van der Waals surface area (Å²) >= 11 is 0. The lowest BCUT2D eigenvalue weighted by atomic mass is 9.97. The minimum atomic E-state index is -0.416. The van der Waals surface area contributed by atoms with Crippen LogP contribution in [0.4, 0.5) is 4.39 Å². The van der Waals surface area contributed by atoms with Crippen LogP contribution in [0.3, 0.4) is 0 Å². The topological polar surface area (TPSA) is 78.1 Å². The molecule has 6 nitrogen and oxygen atoms in total. The predicted octanol–water partition coefficient (Wildman–Crippen LogP) is 2.56. The van der Waals surface area contributed by atoms with Crippen molar-refractivity contribution >= 4 is 11.8 Å². The lowest BCUT2D eigenvalue weighted by molar-refractivity contribution is -0.122. The standard InChI is InChI=1S/C19H21FN4O2/c20-13-6-2-1-5-12(13)17-11-15-16(7-3-4-8-18(25)22-15)24(17)19(26)14-9-10-21-23-14/h1-2,5-6,9-10,15-17H,3-4,7-8,11H2,(H,21,23)(H,22,25)/t15-,16+,17+/m1/s1. The van der Waals surface area contributed by atoms with Crippen molar-refractivity contribution in [3.05, 3.63) is 53.6 Å². The van der Waals surface area contributed by atoms with Gasteiger partial charge in [-0.05, 0) is 31.4 Å². The van der Waals surface area contributed by atoms with Crippen molar-refractivity contribution < 1.29 is 14.0 Å². The summed E-state index contributed by atoms with van der Waals surface area (Å²) in [5, 5.41) is 9.62. The van der Waals surface area contributed by atoms with Gasteiger partial charge in [0, 0.05) is 18.2 Å². The fourth-order valence-corrected chi connectivity index (χ4v) is 4.18. The van der Waals surface area contributed by atoms with Crippen molar-refractivity contribution in [3.8, 4) is 0 Å². The molecule has 4 rings (SSSR count). The molecule has 2 amide bonds. The average Bonchev–Trinajstić information content (AvgIpc) is 3.25. The van der Waals surface area contributed by atoms with E-state index in [0.717, 1.165) is 19.3 Å². The van der Waals surface area contributed by atoms with E-state index in [9.17, 15) is 14.0 Å². The first-order chi connectivity index (χ1) is 12.6. The molecule has 2 fully saturated rings. The fourth-order valence-electron chi connectivity index (χ4n) is 4.18. The first kappa shape index (κ1) is 16.8. The van der Waals surface area contributed by atoms with Gasteiger partial charge in [0.2, 0.25) is 5.91 Å². The van der Waals surface area contributed by atoms with Gasteiger partial charge in [-0.3, -0.25) is 14.7 Å². The lowest BCUT2D eigenvalue weighted by Crippen LogP contribution is -2.48. The van der Waals surface area contributed by atoms with Crippen LogP contribution in [0.15, 0.2) is 36.5 Å². The summed E-state index contributed by atoms with van der Waals surface area (Å²) in [7, 11) is 0. The molecule has 2 aromatic rings. The van der Waals surface area contributed by atoms with Crippen LogP contribution in [0.1, 0.15) is 54.2 Å². The van der Waals surface area contributed by atoms with Gasteiger partial charge in [0.15, 0.2) is 0 Å². The van der Waals surface area contributed by atoms with Gasteiger partial charge in [-0.2, -0.15) is 5.10 Å². The number of rotatable bonds is 2. The highest BCUT2D eigenvalue weighted by Crippen LogP contribution is 2.40. The van der Waals surface area contributed by atoms with Crippen LogP contribution in [0.5, 0.6) is 0 Å². The number of hydrogen-bond donors (Lipinski definition) is 2. The Morgan fingerprint density at radius 1 is 1.23 bits per heavy atom. The lowest BCUT2D eigenvalue weighted by Gasteiger charge is -2.32. The number of likely N-dealkylation sites (tertiary alicyclic amines) is 1. The van der Waals surface area contributed by atoms with E-state index in [1.165, 1.54) is 12.3 Å². The van der Waals surface area contributed by atoms with E-state index in [2.05, 4.69) is 15.5 Å². The molecule has 0 aliphatic carbocycles. The van der Waals surface area contributed by atoms with E-state index in [1.807, 2.05) is 0 Å². The Hall–Kier alpha value is -2.70. The third kappa shape index (κ3) is 2.98. The number of aromatic nitrogens is 2. The van der Waals surface area contributed by atoms with Gasteiger partial charge >= 0.3 is 0 Å². The molecule has 0 bridgehead atoms. The second-order valence-electron chi connectivity index (χ2n) is 6.94. The molecule has 0 radical (unpaired) electrons. The predicted molar refractivity (Wildman–Crippen MR) is 92.7 cm³/mol. The maximum absolute atomic E-state index is 14.5. The van der Waals surface area contributed by atoms with E-state index < -0.39 is 6.04 Å². The largest absolute Gasteiger partial charge is 0.351 e. The van der Waals surface area contributed by atoms with Gasteiger partial charge in [-0.15, -0.1) is 0 Å². The zero-order valence-corrected chi connectivity index (χ0v) is 14.3. The van der Waals surface area contributed by atoms with Crippen LogP contribution >= 0.6 is 0 Å². The van der Waals surface area contributed by atoms with Crippen LogP contribution in [0.2, 0.25) is 0 Å². The quantitative estimate of drug-likeness (QED) is 0.868. The molecular weight excluding hydrogens is 335 g/mol. The fraction of sp³-hybridized carbons (Fsp3) is 0.421. The molecule has 0 spiro atoms. The number of benzene rings is 1. The molecule has 0 unspecified atom stereocenters. The minimum Gasteiger partial charge on any atom is -0.351 e. The third-order valence-electron chi connectivity index (χ3n) is 5.36. The normalized spacial score (nSPS) is 26.0. The van der Waals surface area contributed by atoms with E-state index in [4.69, 9.17) is 0 Å². The number of halogens is 1. The van der Waals surface area contributed by atoms with Crippen molar-refractivity contribution in [2.24, 2.45) is 0 Å². The number of hydrogen-bond acceptors (Lipinski definition) is 3. The van der Waals surface area contributed by atoms with Gasteiger partial charge in [0.25, 0.3) is 5.91 Å². The summed E-state index contributed by atoms with van der Waals surface area (Å²) in [5.74, 6) is -0.540. The molecule has 136 valence electrons. The van der Waals surface area contributed by atoms with Gasteiger partial charge in [0.05, 0.1) is 18.1 Å². The van der Waals surface area contributed by atoms with Crippen molar-refractivity contribution in [3.63, 3.8) is 0 Å². The highest BCUT2D eigenvalue weighted by molar-refractivity contribution is 5.93. The van der Waals surface area contributed by atoms with E-state index >= 15 is 0 Å². The number of amides is 2. The molecule has 2 aliphatic heterocycles. The second-order valence-corrected chi connectivity index (χ2v) is 6.94. The van der Waals surface area contributed by atoms with Crippen molar-refractivity contribution in [1.82, 2.24) is 20.4 Å². The Morgan fingerprint density at radius 3 is 2.85 bits per heavy atom. The third-order valence-corrected chi connectivity index (χ3v) is 5.36. The van der Waals surface area contributed by atoms with Crippen LogP contribution in [-0.4, -0.2) is 39.0 Å². The maximum Gasteiger partial charge on any atom is 0.272 e. The Kier molecular flexibility index (Phi) is 4.44. The van der Waals surface area contributed by atoms with Crippen molar-refractivity contribution in [2.75, 3.05) is 0 Å². The van der Waals surface area contributed by atoms with Gasteiger partial charge in [0.1, 0.15) is 11.5 Å². The Bertz CT molecular complexity index is 808. The van der Waals surface area contributed by atoms with E-state index in [-0.39, 0.29) is 29.7 Å². The minimum absolute atomic E-state index is 0.00261. The van der Waals surface area contributed by atoms with Crippen molar-refractivity contribution in [2.45, 2.75) is 50.2 Å². The Balaban J connectivity index is 1.74. The van der Waals surface area contributed by atoms with Gasteiger partial charge in [-0.1, -0.05) is 24.6 Å². The maximum atomic E-state index is 14.5. The molecule has 2 saturated heterocycles. The number of aromatic amines is 1.